The Labute approximate surface area is 176 Å². The fourth-order valence-electron chi connectivity index (χ4n) is 4.02. The molecule has 158 valence electrons. The number of hydrogen-bond donors (Lipinski definition) is 1. The highest BCUT2D eigenvalue weighted by Gasteiger charge is 2.19. The molecule has 1 atom stereocenters. The molecule has 0 radical (unpaired) electrons. The summed E-state index contributed by atoms with van der Waals surface area (Å²) in [5, 5.41) is 0. The quantitative estimate of drug-likeness (QED) is 0.691. The molecule has 5 heteroatoms. The van der Waals surface area contributed by atoms with E-state index in [9.17, 15) is 0 Å². The molecule has 1 unspecified atom stereocenters. The Morgan fingerprint density at radius 3 is 2.69 bits per heavy atom. The van der Waals surface area contributed by atoms with Gasteiger partial charge in [0.2, 0.25) is 5.95 Å². The van der Waals surface area contributed by atoms with E-state index in [0.717, 1.165) is 31.9 Å². The van der Waals surface area contributed by atoms with Gasteiger partial charge in [-0.15, -0.1) is 0 Å². The largest absolute Gasteiger partial charge is 0.368 e. The van der Waals surface area contributed by atoms with Crippen molar-refractivity contribution in [2.45, 2.75) is 46.5 Å². The third-order valence-electron chi connectivity index (χ3n) is 5.43. The molecule has 0 aromatic carbocycles. The van der Waals surface area contributed by atoms with Crippen molar-refractivity contribution in [2.24, 2.45) is 11.3 Å². The molecule has 2 aliphatic rings. The number of piperidine rings is 1. The van der Waals surface area contributed by atoms with Gasteiger partial charge in [-0.1, -0.05) is 57.6 Å². The lowest BCUT2D eigenvalue weighted by molar-refractivity contribution is 0.251. The van der Waals surface area contributed by atoms with Crippen molar-refractivity contribution in [3.63, 3.8) is 0 Å². The summed E-state index contributed by atoms with van der Waals surface area (Å²) in [6.45, 7) is 12.1. The molecular weight excluding hydrogens is 358 g/mol. The SMILES string of the molecule is CC(C)(C)CN(CC1=CCC(/C=C/CN2CCCCC2)C=C1)c1ccnc(N)n1. The van der Waals surface area contributed by atoms with Crippen LogP contribution in [0, 0.1) is 11.3 Å². The molecular formula is C24H37N5. The van der Waals surface area contributed by atoms with E-state index in [-0.39, 0.29) is 5.41 Å². The topological polar surface area (TPSA) is 58.3 Å². The first kappa shape index (κ1) is 21.6. The predicted octanol–water partition coefficient (Wildman–Crippen LogP) is 4.46. The van der Waals surface area contributed by atoms with Gasteiger partial charge in [0.05, 0.1) is 0 Å². The lowest BCUT2D eigenvalue weighted by Gasteiger charge is -2.32. The smallest absolute Gasteiger partial charge is 0.221 e. The molecule has 0 bridgehead atoms. The minimum absolute atomic E-state index is 0.165. The van der Waals surface area contributed by atoms with Gasteiger partial charge in [-0.05, 0) is 55.3 Å². The number of nitrogen functional groups attached to an aromatic ring is 1. The Kier molecular flexibility index (Phi) is 7.48. The Hall–Kier alpha value is -2.14. The van der Waals surface area contributed by atoms with E-state index < -0.39 is 0 Å². The van der Waals surface area contributed by atoms with Gasteiger partial charge in [-0.25, -0.2) is 4.98 Å². The van der Waals surface area contributed by atoms with Gasteiger partial charge in [-0.3, -0.25) is 4.90 Å². The maximum Gasteiger partial charge on any atom is 0.221 e. The first-order valence-corrected chi connectivity index (χ1v) is 11.0. The molecule has 1 aromatic rings. The van der Waals surface area contributed by atoms with Crippen LogP contribution >= 0.6 is 0 Å². The highest BCUT2D eigenvalue weighted by molar-refractivity contribution is 5.44. The van der Waals surface area contributed by atoms with Crippen LogP contribution in [0.4, 0.5) is 11.8 Å². The van der Waals surface area contributed by atoms with Crippen molar-refractivity contribution in [3.05, 3.63) is 48.2 Å². The van der Waals surface area contributed by atoms with Gasteiger partial charge in [0.1, 0.15) is 5.82 Å². The van der Waals surface area contributed by atoms with E-state index in [4.69, 9.17) is 5.73 Å². The minimum Gasteiger partial charge on any atom is -0.368 e. The summed E-state index contributed by atoms with van der Waals surface area (Å²) in [7, 11) is 0. The first-order chi connectivity index (χ1) is 13.9. The summed E-state index contributed by atoms with van der Waals surface area (Å²) in [6.07, 6.45) is 18.6. The molecule has 2 heterocycles. The molecule has 0 spiro atoms. The third kappa shape index (κ3) is 7.32. The zero-order chi connectivity index (χ0) is 20.7. The Balaban J connectivity index is 1.56. The van der Waals surface area contributed by atoms with E-state index in [1.165, 1.54) is 37.9 Å². The Morgan fingerprint density at radius 1 is 1.24 bits per heavy atom. The second-order valence-electron chi connectivity index (χ2n) is 9.52. The molecule has 2 N–H and O–H groups in total. The number of anilines is 2. The molecule has 1 aliphatic heterocycles. The zero-order valence-corrected chi connectivity index (χ0v) is 18.3. The van der Waals surface area contributed by atoms with Crippen LogP contribution in [-0.4, -0.2) is 47.6 Å². The summed E-state index contributed by atoms with van der Waals surface area (Å²) in [5.74, 6) is 1.73. The summed E-state index contributed by atoms with van der Waals surface area (Å²) in [4.78, 5) is 13.4. The highest BCUT2D eigenvalue weighted by Crippen LogP contribution is 2.24. The third-order valence-corrected chi connectivity index (χ3v) is 5.43. The molecule has 1 aromatic heterocycles. The first-order valence-electron chi connectivity index (χ1n) is 11.0. The molecule has 1 fully saturated rings. The average molecular weight is 396 g/mol. The van der Waals surface area contributed by atoms with Gasteiger partial charge in [-0.2, -0.15) is 4.98 Å². The number of aromatic nitrogens is 2. The summed E-state index contributed by atoms with van der Waals surface area (Å²) >= 11 is 0. The Morgan fingerprint density at radius 2 is 2.03 bits per heavy atom. The van der Waals surface area contributed by atoms with E-state index in [0.29, 0.717) is 11.9 Å². The van der Waals surface area contributed by atoms with Gasteiger partial charge in [0.15, 0.2) is 0 Å². The second kappa shape index (κ2) is 10.1. The van der Waals surface area contributed by atoms with Crippen LogP contribution in [0.3, 0.4) is 0 Å². The van der Waals surface area contributed by atoms with Crippen molar-refractivity contribution in [1.29, 1.82) is 0 Å². The second-order valence-corrected chi connectivity index (χ2v) is 9.52. The molecule has 1 saturated heterocycles. The number of allylic oxidation sites excluding steroid dienone is 3. The van der Waals surface area contributed by atoms with Crippen molar-refractivity contribution in [3.8, 4) is 0 Å². The number of rotatable bonds is 7. The van der Waals surface area contributed by atoms with Gasteiger partial charge in [0, 0.05) is 25.8 Å². The predicted molar refractivity (Wildman–Crippen MR) is 123 cm³/mol. The van der Waals surface area contributed by atoms with Crippen LogP contribution < -0.4 is 10.6 Å². The summed E-state index contributed by atoms with van der Waals surface area (Å²) < 4.78 is 0. The van der Waals surface area contributed by atoms with Gasteiger partial charge in [0.25, 0.3) is 0 Å². The fraction of sp³-hybridized carbons (Fsp3) is 0.583. The van der Waals surface area contributed by atoms with E-state index >= 15 is 0 Å². The van der Waals surface area contributed by atoms with Crippen LogP contribution in [0.5, 0.6) is 0 Å². The van der Waals surface area contributed by atoms with Crippen LogP contribution in [0.25, 0.3) is 0 Å². The van der Waals surface area contributed by atoms with E-state index in [1.807, 2.05) is 6.07 Å². The molecule has 5 nitrogen and oxygen atoms in total. The van der Waals surface area contributed by atoms with Crippen molar-refractivity contribution in [1.82, 2.24) is 14.9 Å². The van der Waals surface area contributed by atoms with Crippen LogP contribution in [0.15, 0.2) is 48.2 Å². The van der Waals surface area contributed by atoms with E-state index in [2.05, 4.69) is 70.9 Å². The lowest BCUT2D eigenvalue weighted by Crippen LogP contribution is -2.35. The minimum atomic E-state index is 0.165. The number of nitrogens with zero attached hydrogens (tertiary/aromatic N) is 4. The molecule has 0 saturated carbocycles. The number of nitrogens with two attached hydrogens (primary N) is 1. The Bertz CT molecular complexity index is 738. The molecule has 3 rings (SSSR count). The average Bonchev–Trinajstić information content (AvgIpc) is 2.69. The van der Waals surface area contributed by atoms with Crippen LogP contribution in [-0.2, 0) is 0 Å². The summed E-state index contributed by atoms with van der Waals surface area (Å²) in [5.41, 5.74) is 7.33. The van der Waals surface area contributed by atoms with E-state index in [1.54, 1.807) is 6.20 Å². The van der Waals surface area contributed by atoms with Crippen molar-refractivity contribution in [2.75, 3.05) is 43.4 Å². The van der Waals surface area contributed by atoms with Crippen molar-refractivity contribution >= 4 is 11.8 Å². The van der Waals surface area contributed by atoms with Gasteiger partial charge < -0.3 is 10.6 Å². The van der Waals surface area contributed by atoms with Gasteiger partial charge >= 0.3 is 0 Å². The normalized spacial score (nSPS) is 20.8. The molecule has 0 amide bonds. The van der Waals surface area contributed by atoms with Crippen molar-refractivity contribution < 1.29 is 0 Å². The molecule has 1 aliphatic carbocycles. The number of hydrogen-bond acceptors (Lipinski definition) is 5. The monoisotopic (exact) mass is 395 g/mol. The zero-order valence-electron chi connectivity index (χ0n) is 18.3. The maximum atomic E-state index is 5.82. The van der Waals surface area contributed by atoms with Crippen LogP contribution in [0.2, 0.25) is 0 Å². The standard InChI is InChI=1S/C24H37N5/c1-24(2,3)19-29(22-13-14-26-23(25)27-22)18-21-11-9-20(10-12-21)8-7-17-28-15-5-4-6-16-28/h7-9,11-14,20H,4-6,10,15-19H2,1-3H3,(H2,25,26,27)/b8-7+. The van der Waals surface area contributed by atoms with Crippen LogP contribution in [0.1, 0.15) is 46.5 Å². The highest BCUT2D eigenvalue weighted by atomic mass is 15.2. The number of likely N-dealkylation sites (tertiary alicyclic amines) is 1. The maximum absolute atomic E-state index is 5.82. The summed E-state index contributed by atoms with van der Waals surface area (Å²) in [6, 6.07) is 1.95. The lowest BCUT2D eigenvalue weighted by atomic mass is 9.94. The fourth-order valence-corrected chi connectivity index (χ4v) is 4.02. The molecule has 29 heavy (non-hydrogen) atoms.